The molecule has 3 heterocycles. The smallest absolute Gasteiger partial charge is 0.134 e. The average Bonchev–Trinajstić information content (AvgIpc) is 3.26. The molecule has 2 aromatic rings. The lowest BCUT2D eigenvalue weighted by atomic mass is 9.60. The number of likely N-dealkylation sites (tertiary alicyclic amines) is 1. The van der Waals surface area contributed by atoms with Crippen LogP contribution in [0.2, 0.25) is 5.15 Å². The second-order valence-corrected chi connectivity index (χ2v) is 10.8. The van der Waals surface area contributed by atoms with Gasteiger partial charge in [-0.15, -0.1) is 0 Å². The first-order chi connectivity index (χ1) is 13.6. The van der Waals surface area contributed by atoms with Crippen LogP contribution >= 0.6 is 11.6 Å². The molecular formula is C22H34ClN5O. The van der Waals surface area contributed by atoms with Crippen molar-refractivity contribution in [2.75, 3.05) is 13.1 Å². The van der Waals surface area contributed by atoms with Gasteiger partial charge in [-0.2, -0.15) is 5.10 Å². The number of hydrogen-bond acceptors (Lipinski definition) is 5. The Morgan fingerprint density at radius 3 is 2.66 bits per heavy atom. The van der Waals surface area contributed by atoms with Crippen LogP contribution in [0.15, 0.2) is 10.6 Å². The third-order valence-electron chi connectivity index (χ3n) is 6.87. The molecule has 1 aliphatic carbocycles. The first-order valence-electron chi connectivity index (χ1n) is 10.7. The molecule has 2 aromatic heterocycles. The highest BCUT2D eigenvalue weighted by molar-refractivity contribution is 6.30. The molecule has 7 heteroatoms. The fourth-order valence-electron chi connectivity index (χ4n) is 5.23. The highest BCUT2D eigenvalue weighted by Gasteiger charge is 2.54. The monoisotopic (exact) mass is 419 g/mol. The molecule has 2 aliphatic rings. The van der Waals surface area contributed by atoms with Crippen LogP contribution in [0, 0.1) is 17.8 Å². The van der Waals surface area contributed by atoms with Gasteiger partial charge in [0.1, 0.15) is 22.3 Å². The van der Waals surface area contributed by atoms with E-state index >= 15 is 0 Å². The fourth-order valence-corrected chi connectivity index (χ4v) is 5.44. The Bertz CT molecular complexity index is 874. The van der Waals surface area contributed by atoms with Gasteiger partial charge in [-0.1, -0.05) is 37.5 Å². The Hall–Kier alpha value is -1.37. The molecule has 4 rings (SSSR count). The number of nitrogens with two attached hydrogens (primary N) is 1. The molecule has 2 fully saturated rings. The summed E-state index contributed by atoms with van der Waals surface area (Å²) in [5.74, 6) is 0.779. The lowest BCUT2D eigenvalue weighted by Gasteiger charge is -2.49. The van der Waals surface area contributed by atoms with Crippen LogP contribution < -0.4 is 5.73 Å². The maximum Gasteiger partial charge on any atom is 0.134 e. The van der Waals surface area contributed by atoms with Gasteiger partial charge in [-0.25, -0.2) is 0 Å². The average molecular weight is 420 g/mol. The SMILES string of the molecule is Cc1cc(-c2nn(C)c(Cl)c2CC2N(CCC(C)(C)C)CCC23CC(N)C3)no1. The molecule has 1 unspecified atom stereocenters. The van der Waals surface area contributed by atoms with E-state index in [2.05, 4.69) is 35.9 Å². The molecule has 0 bridgehead atoms. The summed E-state index contributed by atoms with van der Waals surface area (Å²) in [5, 5.41) is 9.57. The molecule has 0 radical (unpaired) electrons. The van der Waals surface area contributed by atoms with E-state index in [1.165, 1.54) is 12.8 Å². The molecule has 1 atom stereocenters. The Balaban J connectivity index is 1.64. The van der Waals surface area contributed by atoms with Crippen molar-refractivity contribution >= 4 is 11.6 Å². The molecule has 0 aromatic carbocycles. The van der Waals surface area contributed by atoms with Gasteiger partial charge in [-0.05, 0) is 62.9 Å². The lowest BCUT2D eigenvalue weighted by Crippen LogP contribution is -2.54. The Morgan fingerprint density at radius 1 is 1.34 bits per heavy atom. The largest absolute Gasteiger partial charge is 0.361 e. The van der Waals surface area contributed by atoms with Gasteiger partial charge in [-0.3, -0.25) is 9.58 Å². The van der Waals surface area contributed by atoms with Gasteiger partial charge in [0.05, 0.1) is 0 Å². The normalized spacial score (nSPS) is 27.7. The van der Waals surface area contributed by atoms with E-state index in [1.807, 2.05) is 20.0 Å². The predicted molar refractivity (Wildman–Crippen MR) is 116 cm³/mol. The summed E-state index contributed by atoms with van der Waals surface area (Å²) in [6.45, 7) is 11.1. The molecule has 1 saturated carbocycles. The fraction of sp³-hybridized carbons (Fsp3) is 0.727. The molecule has 160 valence electrons. The van der Waals surface area contributed by atoms with Crippen molar-refractivity contribution in [3.05, 3.63) is 22.5 Å². The third-order valence-corrected chi connectivity index (χ3v) is 7.34. The lowest BCUT2D eigenvalue weighted by molar-refractivity contribution is 0.0467. The number of halogens is 1. The van der Waals surface area contributed by atoms with Crippen LogP contribution in [-0.4, -0.2) is 45.0 Å². The zero-order chi connectivity index (χ0) is 21.0. The van der Waals surface area contributed by atoms with Gasteiger partial charge < -0.3 is 10.3 Å². The molecular weight excluding hydrogens is 386 g/mol. The number of aryl methyl sites for hydroxylation is 2. The van der Waals surface area contributed by atoms with Crippen LogP contribution in [0.3, 0.4) is 0 Å². The summed E-state index contributed by atoms with van der Waals surface area (Å²) in [7, 11) is 1.89. The molecule has 6 nitrogen and oxygen atoms in total. The summed E-state index contributed by atoms with van der Waals surface area (Å²) in [5.41, 5.74) is 9.57. The summed E-state index contributed by atoms with van der Waals surface area (Å²) in [6.07, 6.45) is 5.51. The number of rotatable bonds is 5. The van der Waals surface area contributed by atoms with Crippen LogP contribution in [0.4, 0.5) is 0 Å². The van der Waals surface area contributed by atoms with Crippen LogP contribution in [-0.2, 0) is 13.5 Å². The summed E-state index contributed by atoms with van der Waals surface area (Å²) < 4.78 is 7.06. The van der Waals surface area contributed by atoms with Gasteiger partial charge in [0.2, 0.25) is 0 Å². The number of hydrogen-bond donors (Lipinski definition) is 1. The van der Waals surface area contributed by atoms with Gasteiger partial charge >= 0.3 is 0 Å². The van der Waals surface area contributed by atoms with E-state index in [1.54, 1.807) is 4.68 Å². The van der Waals surface area contributed by atoms with Crippen molar-refractivity contribution in [1.29, 1.82) is 0 Å². The molecule has 1 aliphatic heterocycles. The third kappa shape index (κ3) is 3.99. The maximum absolute atomic E-state index is 6.73. The highest BCUT2D eigenvalue weighted by atomic mass is 35.5. The Labute approximate surface area is 178 Å². The van der Waals surface area contributed by atoms with E-state index in [4.69, 9.17) is 21.9 Å². The zero-order valence-electron chi connectivity index (χ0n) is 18.3. The number of nitrogens with zero attached hydrogens (tertiary/aromatic N) is 4. The van der Waals surface area contributed by atoms with Crippen molar-refractivity contribution in [2.24, 2.45) is 23.6 Å². The summed E-state index contributed by atoms with van der Waals surface area (Å²) >= 11 is 6.73. The first kappa shape index (κ1) is 20.9. The minimum absolute atomic E-state index is 0.313. The molecule has 0 amide bonds. The second-order valence-electron chi connectivity index (χ2n) is 10.4. The van der Waals surface area contributed by atoms with E-state index in [-0.39, 0.29) is 0 Å². The van der Waals surface area contributed by atoms with Crippen molar-refractivity contribution < 1.29 is 4.52 Å². The van der Waals surface area contributed by atoms with E-state index in [0.29, 0.717) is 28.1 Å². The maximum atomic E-state index is 6.73. The summed E-state index contributed by atoms with van der Waals surface area (Å²) in [6, 6.07) is 2.71. The standard InChI is InChI=1S/C22H34ClN5O/c1-14-10-17(26-29-14)19-16(20(23)27(5)25-19)11-18-22(12-15(24)13-22)7-9-28(18)8-6-21(2,3)4/h10,15,18H,6-9,11-13,24H2,1-5H3. The topological polar surface area (TPSA) is 73.1 Å². The van der Waals surface area contributed by atoms with E-state index in [0.717, 1.165) is 55.1 Å². The van der Waals surface area contributed by atoms with Gasteiger partial charge in [0, 0.05) is 30.8 Å². The van der Waals surface area contributed by atoms with Crippen molar-refractivity contribution in [3.8, 4) is 11.4 Å². The minimum atomic E-state index is 0.313. The molecule has 1 spiro atoms. The van der Waals surface area contributed by atoms with E-state index in [9.17, 15) is 0 Å². The summed E-state index contributed by atoms with van der Waals surface area (Å²) in [4.78, 5) is 2.68. The molecule has 1 saturated heterocycles. The van der Waals surface area contributed by atoms with Crippen molar-refractivity contribution in [2.45, 2.75) is 71.9 Å². The number of aromatic nitrogens is 3. The Kier molecular flexibility index (Phi) is 5.33. The zero-order valence-corrected chi connectivity index (χ0v) is 19.1. The van der Waals surface area contributed by atoms with Crippen molar-refractivity contribution in [1.82, 2.24) is 19.8 Å². The van der Waals surface area contributed by atoms with Crippen LogP contribution in [0.1, 0.15) is 57.8 Å². The minimum Gasteiger partial charge on any atom is -0.361 e. The van der Waals surface area contributed by atoms with Crippen molar-refractivity contribution in [3.63, 3.8) is 0 Å². The van der Waals surface area contributed by atoms with Gasteiger partial charge in [0.15, 0.2) is 0 Å². The predicted octanol–water partition coefficient (Wildman–Crippen LogP) is 4.20. The molecule has 2 N–H and O–H groups in total. The molecule has 29 heavy (non-hydrogen) atoms. The Morgan fingerprint density at radius 2 is 2.07 bits per heavy atom. The van der Waals surface area contributed by atoms with Gasteiger partial charge in [0.25, 0.3) is 0 Å². The highest BCUT2D eigenvalue weighted by Crippen LogP contribution is 2.53. The first-order valence-corrected chi connectivity index (χ1v) is 11.1. The van der Waals surface area contributed by atoms with Crippen LogP contribution in [0.25, 0.3) is 11.4 Å². The van der Waals surface area contributed by atoms with E-state index < -0.39 is 0 Å². The van der Waals surface area contributed by atoms with Crippen LogP contribution in [0.5, 0.6) is 0 Å². The quantitative estimate of drug-likeness (QED) is 0.786. The second kappa shape index (κ2) is 7.40.